The first-order chi connectivity index (χ1) is 9.24. The Balaban J connectivity index is 1.66. The van der Waals surface area contributed by atoms with Gasteiger partial charge in [0.05, 0.1) is 0 Å². The molecule has 2 nitrogen and oxygen atoms in total. The van der Waals surface area contributed by atoms with E-state index in [0.29, 0.717) is 11.8 Å². The molecule has 2 N–H and O–H groups in total. The number of benzene rings is 1. The van der Waals surface area contributed by atoms with Gasteiger partial charge in [-0.25, -0.2) is 0 Å². The first-order valence-corrected chi connectivity index (χ1v) is 7.64. The lowest BCUT2D eigenvalue weighted by atomic mass is 9.79. The van der Waals surface area contributed by atoms with Crippen LogP contribution in [-0.4, -0.2) is 11.8 Å². The topological polar surface area (TPSA) is 43.1 Å². The molecule has 0 heterocycles. The average molecular weight is 257 g/mol. The van der Waals surface area contributed by atoms with Crippen molar-refractivity contribution in [1.29, 1.82) is 0 Å². The molecule has 0 amide bonds. The first-order valence-electron chi connectivity index (χ1n) is 7.64. The number of hydrogen-bond acceptors (Lipinski definition) is 2. The summed E-state index contributed by atoms with van der Waals surface area (Å²) in [6.07, 6.45) is 7.90. The normalized spacial score (nSPS) is 27.8. The third-order valence-electron chi connectivity index (χ3n) is 4.91. The molecule has 2 saturated carbocycles. The largest absolute Gasteiger partial charge is 0.328 e. The summed E-state index contributed by atoms with van der Waals surface area (Å²) in [5.74, 6) is 1.28. The number of nitrogens with two attached hydrogens (primary N) is 1. The van der Waals surface area contributed by atoms with E-state index in [4.69, 9.17) is 5.73 Å². The lowest BCUT2D eigenvalue weighted by Crippen LogP contribution is -2.29. The Kier molecular flexibility index (Phi) is 3.69. The van der Waals surface area contributed by atoms with E-state index >= 15 is 0 Å². The molecule has 102 valence electrons. The van der Waals surface area contributed by atoms with Crippen LogP contribution in [0.2, 0.25) is 0 Å². The molecule has 0 aliphatic heterocycles. The summed E-state index contributed by atoms with van der Waals surface area (Å²) in [5.41, 5.74) is 8.20. The zero-order valence-corrected chi connectivity index (χ0v) is 11.5. The quantitative estimate of drug-likeness (QED) is 0.840. The van der Waals surface area contributed by atoms with Crippen LogP contribution in [0, 0.1) is 5.92 Å². The van der Waals surface area contributed by atoms with Gasteiger partial charge in [-0.3, -0.25) is 4.79 Å². The maximum Gasteiger partial charge on any atom is 0.165 e. The van der Waals surface area contributed by atoms with Crippen LogP contribution in [-0.2, 0) is 0 Å². The third-order valence-corrected chi connectivity index (χ3v) is 4.91. The number of Topliss-reactive ketones (excluding diaryl/α,β-unsaturated/α-hetero) is 1. The van der Waals surface area contributed by atoms with Crippen LogP contribution in [0.4, 0.5) is 0 Å². The molecular formula is C17H23NO. The van der Waals surface area contributed by atoms with Crippen LogP contribution in [0.5, 0.6) is 0 Å². The SMILES string of the molecule is NC1CCC(C(=O)c2ccc(C3CCC3)cc2)CC1. The molecule has 0 bridgehead atoms. The molecule has 2 aliphatic carbocycles. The zero-order valence-electron chi connectivity index (χ0n) is 11.5. The van der Waals surface area contributed by atoms with E-state index in [-0.39, 0.29) is 5.92 Å². The minimum Gasteiger partial charge on any atom is -0.328 e. The molecule has 0 atom stereocenters. The molecular weight excluding hydrogens is 234 g/mol. The van der Waals surface area contributed by atoms with E-state index in [1.165, 1.54) is 24.8 Å². The lowest BCUT2D eigenvalue weighted by molar-refractivity contribution is 0.0884. The molecule has 0 saturated heterocycles. The predicted octanol–water partition coefficient (Wildman–Crippen LogP) is 3.65. The molecule has 1 aromatic carbocycles. The molecule has 0 radical (unpaired) electrons. The van der Waals surface area contributed by atoms with Crippen molar-refractivity contribution >= 4 is 5.78 Å². The van der Waals surface area contributed by atoms with E-state index in [9.17, 15) is 4.79 Å². The number of rotatable bonds is 3. The van der Waals surface area contributed by atoms with Crippen molar-refractivity contribution in [2.75, 3.05) is 0 Å². The van der Waals surface area contributed by atoms with Gasteiger partial charge in [0.25, 0.3) is 0 Å². The van der Waals surface area contributed by atoms with E-state index in [1.54, 1.807) is 0 Å². The maximum absolute atomic E-state index is 12.4. The van der Waals surface area contributed by atoms with Crippen LogP contribution in [0.1, 0.15) is 66.8 Å². The van der Waals surface area contributed by atoms with Crippen molar-refractivity contribution in [3.63, 3.8) is 0 Å². The predicted molar refractivity (Wildman–Crippen MR) is 77.3 cm³/mol. The van der Waals surface area contributed by atoms with Gasteiger partial charge in [0, 0.05) is 17.5 Å². The van der Waals surface area contributed by atoms with Crippen molar-refractivity contribution in [3.8, 4) is 0 Å². The van der Waals surface area contributed by atoms with Crippen molar-refractivity contribution in [3.05, 3.63) is 35.4 Å². The fourth-order valence-electron chi connectivity index (χ4n) is 3.28. The highest BCUT2D eigenvalue weighted by Gasteiger charge is 2.26. The van der Waals surface area contributed by atoms with Crippen LogP contribution >= 0.6 is 0 Å². The van der Waals surface area contributed by atoms with Gasteiger partial charge in [-0.05, 0) is 50.0 Å². The van der Waals surface area contributed by atoms with Gasteiger partial charge in [-0.1, -0.05) is 30.7 Å². The van der Waals surface area contributed by atoms with Gasteiger partial charge >= 0.3 is 0 Å². The summed E-state index contributed by atoms with van der Waals surface area (Å²) < 4.78 is 0. The van der Waals surface area contributed by atoms with Gasteiger partial charge in [0.1, 0.15) is 0 Å². The smallest absolute Gasteiger partial charge is 0.165 e. The molecule has 2 heteroatoms. The minimum atomic E-state index is 0.203. The Labute approximate surface area is 115 Å². The molecule has 3 rings (SSSR count). The van der Waals surface area contributed by atoms with Crippen molar-refractivity contribution in [2.24, 2.45) is 11.7 Å². The summed E-state index contributed by atoms with van der Waals surface area (Å²) in [7, 11) is 0. The highest BCUT2D eigenvalue weighted by Crippen LogP contribution is 2.36. The summed E-state index contributed by atoms with van der Waals surface area (Å²) in [6, 6.07) is 8.69. The van der Waals surface area contributed by atoms with E-state index in [1.807, 2.05) is 12.1 Å². The second-order valence-corrected chi connectivity index (χ2v) is 6.23. The molecule has 1 aromatic rings. The molecule has 0 unspecified atom stereocenters. The molecule has 0 spiro atoms. The Bertz CT molecular complexity index is 439. The molecule has 19 heavy (non-hydrogen) atoms. The highest BCUT2D eigenvalue weighted by atomic mass is 16.1. The summed E-state index contributed by atoms with van der Waals surface area (Å²) in [6.45, 7) is 0. The average Bonchev–Trinajstić information content (AvgIpc) is 2.38. The fraction of sp³-hybridized carbons (Fsp3) is 0.588. The van der Waals surface area contributed by atoms with Gasteiger partial charge < -0.3 is 5.73 Å². The summed E-state index contributed by atoms with van der Waals surface area (Å²) >= 11 is 0. The third kappa shape index (κ3) is 2.74. The fourth-order valence-corrected chi connectivity index (χ4v) is 3.28. The van der Waals surface area contributed by atoms with Crippen molar-refractivity contribution in [2.45, 2.75) is 56.9 Å². The van der Waals surface area contributed by atoms with Crippen molar-refractivity contribution in [1.82, 2.24) is 0 Å². The Morgan fingerprint density at radius 3 is 2.11 bits per heavy atom. The Morgan fingerprint density at radius 1 is 0.947 bits per heavy atom. The molecule has 0 aromatic heterocycles. The van der Waals surface area contributed by atoms with Gasteiger partial charge in [-0.2, -0.15) is 0 Å². The Morgan fingerprint density at radius 2 is 1.58 bits per heavy atom. The van der Waals surface area contributed by atoms with Crippen LogP contribution in [0.25, 0.3) is 0 Å². The van der Waals surface area contributed by atoms with Crippen molar-refractivity contribution < 1.29 is 4.79 Å². The second-order valence-electron chi connectivity index (χ2n) is 6.23. The van der Waals surface area contributed by atoms with Gasteiger partial charge in [-0.15, -0.1) is 0 Å². The standard InChI is InChI=1S/C17H23NO/c18-16-10-8-15(9-11-16)17(19)14-6-4-13(5-7-14)12-2-1-3-12/h4-7,12,15-16H,1-3,8-11,18H2. The first kappa shape index (κ1) is 12.9. The Hall–Kier alpha value is -1.15. The highest BCUT2D eigenvalue weighted by molar-refractivity contribution is 5.97. The molecule has 2 aliphatic rings. The summed E-state index contributed by atoms with van der Waals surface area (Å²) in [4.78, 5) is 12.4. The number of ketones is 1. The van der Waals surface area contributed by atoms with E-state index < -0.39 is 0 Å². The number of carbonyl (C=O) groups is 1. The number of carbonyl (C=O) groups excluding carboxylic acids is 1. The van der Waals surface area contributed by atoms with E-state index in [2.05, 4.69) is 12.1 Å². The zero-order chi connectivity index (χ0) is 13.2. The lowest BCUT2D eigenvalue weighted by Gasteiger charge is -2.27. The monoisotopic (exact) mass is 257 g/mol. The second kappa shape index (κ2) is 5.46. The van der Waals surface area contributed by atoms with Crippen LogP contribution < -0.4 is 5.73 Å². The maximum atomic E-state index is 12.4. The minimum absolute atomic E-state index is 0.203. The number of hydrogen-bond donors (Lipinski definition) is 1. The molecule has 2 fully saturated rings. The van der Waals surface area contributed by atoms with Crippen LogP contribution in [0.3, 0.4) is 0 Å². The van der Waals surface area contributed by atoms with E-state index in [0.717, 1.165) is 37.2 Å². The summed E-state index contributed by atoms with van der Waals surface area (Å²) in [5, 5.41) is 0. The van der Waals surface area contributed by atoms with Gasteiger partial charge in [0.15, 0.2) is 5.78 Å². The van der Waals surface area contributed by atoms with Crippen LogP contribution in [0.15, 0.2) is 24.3 Å². The van der Waals surface area contributed by atoms with Gasteiger partial charge in [0.2, 0.25) is 0 Å².